The summed E-state index contributed by atoms with van der Waals surface area (Å²) in [5, 5.41) is 9.71. The second-order valence-corrected chi connectivity index (χ2v) is 6.72. The number of carbonyl (C=O) groups excluding carboxylic acids is 1. The number of halogens is 1. The van der Waals surface area contributed by atoms with Gasteiger partial charge in [0.05, 0.1) is 19.1 Å². The van der Waals surface area contributed by atoms with Crippen molar-refractivity contribution in [2.45, 2.75) is 19.4 Å². The molecule has 0 fully saturated rings. The molecule has 1 unspecified atom stereocenters. The first-order valence-electron chi connectivity index (χ1n) is 8.58. The third-order valence-corrected chi connectivity index (χ3v) is 4.87. The first-order chi connectivity index (χ1) is 13.1. The van der Waals surface area contributed by atoms with Crippen LogP contribution < -0.4 is 5.32 Å². The molecule has 1 aliphatic heterocycles. The van der Waals surface area contributed by atoms with Crippen LogP contribution in [-0.2, 0) is 4.79 Å². The summed E-state index contributed by atoms with van der Waals surface area (Å²) in [5.41, 5.74) is 2.48. The van der Waals surface area contributed by atoms with Crippen LogP contribution in [0.3, 0.4) is 0 Å². The van der Waals surface area contributed by atoms with Crippen molar-refractivity contribution in [2.24, 2.45) is 5.10 Å². The second-order valence-electron chi connectivity index (χ2n) is 6.32. The molecule has 2 aromatic heterocycles. The fourth-order valence-electron chi connectivity index (χ4n) is 3.00. The zero-order chi connectivity index (χ0) is 18.8. The molecule has 7 heteroatoms. The number of rotatable bonds is 5. The SMILES string of the molecule is Cc1ccc(NCC(=O)N2N=C(c3ccco3)CC2c2ccco2)cc1Cl. The van der Waals surface area contributed by atoms with Crippen LogP contribution in [0.1, 0.15) is 29.5 Å². The number of hydrogen-bond donors (Lipinski definition) is 1. The van der Waals surface area contributed by atoms with E-state index in [1.54, 1.807) is 30.7 Å². The van der Waals surface area contributed by atoms with Crippen LogP contribution in [0, 0.1) is 6.92 Å². The van der Waals surface area contributed by atoms with E-state index in [1.165, 1.54) is 5.01 Å². The molecule has 1 N–H and O–H groups in total. The van der Waals surface area contributed by atoms with Crippen molar-refractivity contribution in [2.75, 3.05) is 11.9 Å². The minimum absolute atomic E-state index is 0.0888. The van der Waals surface area contributed by atoms with E-state index in [-0.39, 0.29) is 18.5 Å². The zero-order valence-corrected chi connectivity index (χ0v) is 15.4. The monoisotopic (exact) mass is 383 g/mol. The Labute approximate surface area is 161 Å². The number of anilines is 1. The lowest BCUT2D eigenvalue weighted by molar-refractivity contribution is -0.131. The highest BCUT2D eigenvalue weighted by molar-refractivity contribution is 6.31. The van der Waals surface area contributed by atoms with E-state index in [4.69, 9.17) is 20.4 Å². The van der Waals surface area contributed by atoms with Gasteiger partial charge in [-0.3, -0.25) is 4.79 Å². The highest BCUT2D eigenvalue weighted by Gasteiger charge is 2.35. The predicted octanol–water partition coefficient (Wildman–Crippen LogP) is 4.62. The van der Waals surface area contributed by atoms with Gasteiger partial charge in [-0.25, -0.2) is 5.01 Å². The fourth-order valence-corrected chi connectivity index (χ4v) is 3.18. The van der Waals surface area contributed by atoms with E-state index in [0.717, 1.165) is 11.3 Å². The zero-order valence-electron chi connectivity index (χ0n) is 14.7. The summed E-state index contributed by atoms with van der Waals surface area (Å²) in [6, 6.07) is 12.6. The van der Waals surface area contributed by atoms with Crippen molar-refractivity contribution in [3.8, 4) is 0 Å². The summed E-state index contributed by atoms with van der Waals surface area (Å²) < 4.78 is 11.0. The van der Waals surface area contributed by atoms with Gasteiger partial charge in [0.2, 0.25) is 0 Å². The normalized spacial score (nSPS) is 16.4. The van der Waals surface area contributed by atoms with Gasteiger partial charge in [-0.2, -0.15) is 5.10 Å². The topological polar surface area (TPSA) is 71.0 Å². The molecule has 1 aromatic carbocycles. The molecule has 1 aliphatic rings. The Kier molecular flexibility index (Phi) is 4.73. The van der Waals surface area contributed by atoms with Gasteiger partial charge in [0.1, 0.15) is 23.3 Å². The van der Waals surface area contributed by atoms with Crippen molar-refractivity contribution < 1.29 is 13.6 Å². The summed E-state index contributed by atoms with van der Waals surface area (Å²) in [5.74, 6) is 1.17. The Morgan fingerprint density at radius 1 is 1.26 bits per heavy atom. The number of nitrogens with zero attached hydrogens (tertiary/aromatic N) is 2. The number of aryl methyl sites for hydroxylation is 1. The second kappa shape index (κ2) is 7.32. The molecule has 6 nitrogen and oxygen atoms in total. The van der Waals surface area contributed by atoms with Crippen LogP contribution >= 0.6 is 11.6 Å². The molecule has 0 radical (unpaired) electrons. The molecule has 0 saturated carbocycles. The molecule has 3 aromatic rings. The van der Waals surface area contributed by atoms with Crippen LogP contribution in [0.2, 0.25) is 5.02 Å². The molecule has 0 aliphatic carbocycles. The van der Waals surface area contributed by atoms with Crippen molar-refractivity contribution in [1.29, 1.82) is 0 Å². The first-order valence-corrected chi connectivity index (χ1v) is 8.96. The third-order valence-electron chi connectivity index (χ3n) is 4.46. The standard InChI is InChI=1S/C20H18ClN3O3/c1-13-6-7-14(10-15(13)21)22-12-20(25)24-17(19-5-3-9-27-19)11-16(23-24)18-4-2-8-26-18/h2-10,17,22H,11-12H2,1H3. The van der Waals surface area contributed by atoms with E-state index in [0.29, 0.717) is 28.7 Å². The highest BCUT2D eigenvalue weighted by Crippen LogP contribution is 2.33. The van der Waals surface area contributed by atoms with Gasteiger partial charge in [-0.05, 0) is 48.9 Å². The number of hydrogen-bond acceptors (Lipinski definition) is 5. The minimum Gasteiger partial charge on any atom is -0.467 e. The maximum absolute atomic E-state index is 12.8. The third kappa shape index (κ3) is 3.61. The predicted molar refractivity (Wildman–Crippen MR) is 103 cm³/mol. The van der Waals surface area contributed by atoms with Crippen LogP contribution in [0.4, 0.5) is 5.69 Å². The molecule has 4 rings (SSSR count). The molecule has 1 atom stereocenters. The first kappa shape index (κ1) is 17.4. The number of nitrogens with one attached hydrogen (secondary N) is 1. The molecular formula is C20H18ClN3O3. The molecule has 0 spiro atoms. The molecular weight excluding hydrogens is 366 g/mol. The molecule has 0 bridgehead atoms. The summed E-state index contributed by atoms with van der Waals surface area (Å²) in [6.45, 7) is 2.02. The van der Waals surface area contributed by atoms with Gasteiger partial charge in [0.15, 0.2) is 0 Å². The van der Waals surface area contributed by atoms with Gasteiger partial charge in [0, 0.05) is 17.1 Å². The average molecular weight is 384 g/mol. The van der Waals surface area contributed by atoms with Gasteiger partial charge in [-0.1, -0.05) is 17.7 Å². The largest absolute Gasteiger partial charge is 0.467 e. The number of hydrazone groups is 1. The molecule has 3 heterocycles. The van der Waals surface area contributed by atoms with Crippen LogP contribution in [0.25, 0.3) is 0 Å². The van der Waals surface area contributed by atoms with E-state index in [1.807, 2.05) is 31.2 Å². The Morgan fingerprint density at radius 2 is 2.07 bits per heavy atom. The lowest BCUT2D eigenvalue weighted by atomic mass is 10.1. The smallest absolute Gasteiger partial charge is 0.262 e. The summed E-state index contributed by atoms with van der Waals surface area (Å²) in [4.78, 5) is 12.8. The Morgan fingerprint density at radius 3 is 2.78 bits per heavy atom. The van der Waals surface area contributed by atoms with Crippen molar-refractivity contribution in [1.82, 2.24) is 5.01 Å². The van der Waals surface area contributed by atoms with Crippen molar-refractivity contribution in [3.05, 3.63) is 77.1 Å². The van der Waals surface area contributed by atoms with Crippen LogP contribution in [0.5, 0.6) is 0 Å². The van der Waals surface area contributed by atoms with Gasteiger partial charge in [0.25, 0.3) is 5.91 Å². The summed E-state index contributed by atoms with van der Waals surface area (Å²) in [6.07, 6.45) is 3.71. The minimum atomic E-state index is -0.295. The lowest BCUT2D eigenvalue weighted by Gasteiger charge is -2.20. The average Bonchev–Trinajstić information content (AvgIpc) is 3.41. The number of carbonyl (C=O) groups is 1. The number of benzene rings is 1. The van der Waals surface area contributed by atoms with Crippen molar-refractivity contribution >= 4 is 28.9 Å². The Balaban J connectivity index is 1.52. The quantitative estimate of drug-likeness (QED) is 0.697. The van der Waals surface area contributed by atoms with E-state index in [2.05, 4.69) is 10.4 Å². The van der Waals surface area contributed by atoms with E-state index in [9.17, 15) is 4.79 Å². The number of furan rings is 2. The van der Waals surface area contributed by atoms with Gasteiger partial charge < -0.3 is 14.2 Å². The summed E-state index contributed by atoms with van der Waals surface area (Å²) in [7, 11) is 0. The Hall–Kier alpha value is -2.99. The summed E-state index contributed by atoms with van der Waals surface area (Å²) >= 11 is 6.14. The maximum Gasteiger partial charge on any atom is 0.262 e. The van der Waals surface area contributed by atoms with Gasteiger partial charge in [-0.15, -0.1) is 0 Å². The van der Waals surface area contributed by atoms with Crippen LogP contribution in [0.15, 0.2) is 68.9 Å². The molecule has 27 heavy (non-hydrogen) atoms. The highest BCUT2D eigenvalue weighted by atomic mass is 35.5. The molecule has 138 valence electrons. The van der Waals surface area contributed by atoms with E-state index < -0.39 is 0 Å². The van der Waals surface area contributed by atoms with Crippen LogP contribution in [-0.4, -0.2) is 23.2 Å². The number of amides is 1. The van der Waals surface area contributed by atoms with E-state index >= 15 is 0 Å². The molecule has 0 saturated heterocycles. The lowest BCUT2D eigenvalue weighted by Crippen LogP contribution is -2.32. The Bertz CT molecular complexity index is 965. The maximum atomic E-state index is 12.8. The molecule has 1 amide bonds. The fraction of sp³-hybridized carbons (Fsp3) is 0.200. The van der Waals surface area contributed by atoms with Crippen molar-refractivity contribution in [3.63, 3.8) is 0 Å². The van der Waals surface area contributed by atoms with Gasteiger partial charge >= 0.3 is 0 Å².